The van der Waals surface area contributed by atoms with Gasteiger partial charge < -0.3 is 5.11 Å². The molecule has 0 aromatic carbocycles. The van der Waals surface area contributed by atoms with Gasteiger partial charge in [-0.25, -0.2) is 0 Å². The topological polar surface area (TPSA) is 71.4 Å². The van der Waals surface area contributed by atoms with Gasteiger partial charge in [-0.15, -0.1) is 0 Å². The fourth-order valence-corrected chi connectivity index (χ4v) is 9.47. The van der Waals surface area contributed by atoms with E-state index in [1.807, 2.05) is 6.92 Å². The highest BCUT2D eigenvalue weighted by Gasteiger charge is 2.44. The molecule has 2 fully saturated rings. The van der Waals surface area contributed by atoms with Crippen LogP contribution in [0.5, 0.6) is 0 Å². The van der Waals surface area contributed by atoms with Gasteiger partial charge in [-0.05, 0) is 144 Å². The minimum Gasteiger partial charge on any atom is -0.388 e. The Kier molecular flexibility index (Phi) is 14.5. The molecule has 4 nitrogen and oxygen atoms in total. The molecule has 4 heteroatoms. The van der Waals surface area contributed by atoms with Gasteiger partial charge in [0.25, 0.3) is 0 Å². The van der Waals surface area contributed by atoms with Crippen molar-refractivity contribution in [2.45, 2.75) is 162 Å². The van der Waals surface area contributed by atoms with Gasteiger partial charge in [-0.1, -0.05) is 73.9 Å². The number of allylic oxidation sites excluding steroid dienone is 8. The smallest absolute Gasteiger partial charge is 0.136 e. The van der Waals surface area contributed by atoms with Crippen LogP contribution in [0.4, 0.5) is 0 Å². The zero-order chi connectivity index (χ0) is 34.8. The number of aliphatic hydroxyl groups is 1. The summed E-state index contributed by atoms with van der Waals surface area (Å²) in [6.07, 6.45) is 32.2. The molecule has 5 aliphatic carbocycles. The summed E-state index contributed by atoms with van der Waals surface area (Å²) < 4.78 is 0. The Morgan fingerprint density at radius 1 is 0.878 bits per heavy atom. The molecule has 7 unspecified atom stereocenters. The van der Waals surface area contributed by atoms with Gasteiger partial charge in [-0.2, -0.15) is 0 Å². The largest absolute Gasteiger partial charge is 0.388 e. The second-order valence-electron chi connectivity index (χ2n) is 16.6. The minimum absolute atomic E-state index is 0.0394. The molecule has 2 saturated carbocycles. The molecule has 0 aromatic heterocycles. The molecule has 5 rings (SSSR count). The quantitative estimate of drug-likeness (QED) is 0.123. The Hall–Kier alpha value is -2.33. The SMILES string of the molecule is CCC(=O)CC(CC1=CCCC=C1)C(CC1C(=O)CC(CCC2=CC=C(CC)CC2O)CC(=O)C1CCCC1=CCCC(C)CC1)C1CC1. The normalized spacial score (nSPS) is 29.3. The lowest BCUT2D eigenvalue weighted by molar-refractivity contribution is -0.131. The van der Waals surface area contributed by atoms with Crippen LogP contribution in [0.2, 0.25) is 0 Å². The van der Waals surface area contributed by atoms with Crippen LogP contribution in [0.3, 0.4) is 0 Å². The first-order chi connectivity index (χ1) is 23.7. The Morgan fingerprint density at radius 3 is 2.37 bits per heavy atom. The summed E-state index contributed by atoms with van der Waals surface area (Å²) in [5.41, 5.74) is 5.21. The summed E-state index contributed by atoms with van der Waals surface area (Å²) in [4.78, 5) is 41.8. The van der Waals surface area contributed by atoms with E-state index in [0.717, 1.165) is 82.1 Å². The lowest BCUT2D eigenvalue weighted by atomic mass is 9.70. The molecule has 0 heterocycles. The van der Waals surface area contributed by atoms with E-state index in [2.05, 4.69) is 50.3 Å². The molecule has 0 amide bonds. The summed E-state index contributed by atoms with van der Waals surface area (Å²) in [7, 11) is 0. The number of hydrogen-bond donors (Lipinski definition) is 1. The first-order valence-corrected chi connectivity index (χ1v) is 20.4. The summed E-state index contributed by atoms with van der Waals surface area (Å²) in [6, 6.07) is 0. The van der Waals surface area contributed by atoms with E-state index < -0.39 is 6.10 Å². The van der Waals surface area contributed by atoms with Crippen molar-refractivity contribution in [2.75, 3.05) is 0 Å². The highest BCUT2D eigenvalue weighted by Crippen LogP contribution is 2.49. The van der Waals surface area contributed by atoms with E-state index in [4.69, 9.17) is 0 Å². The van der Waals surface area contributed by atoms with Gasteiger partial charge in [0.2, 0.25) is 0 Å². The third kappa shape index (κ3) is 11.3. The average Bonchev–Trinajstić information content (AvgIpc) is 3.96. The number of carbonyl (C=O) groups is 3. The van der Waals surface area contributed by atoms with Crippen LogP contribution in [0.1, 0.15) is 156 Å². The fraction of sp³-hybridized carbons (Fsp3) is 0.711. The standard InChI is InChI=1S/C45H66O4/c1-4-32-19-21-37(43(47)26-32)22-20-35-27-44(48)40(16-10-15-33-14-9-11-31(3)17-18-33)42(45(49)28-35)30-41(36-23-24-36)38(29-39(46)5-2)25-34-12-7-6-8-13-34/h7,12-14,19,21,31,35-36,38,40-43,47H,4-6,8-11,15-18,20,22-30H2,1-3H3. The van der Waals surface area contributed by atoms with Crippen LogP contribution in [0.15, 0.2) is 58.7 Å². The number of rotatable bonds is 17. The van der Waals surface area contributed by atoms with Crippen molar-refractivity contribution >= 4 is 17.3 Å². The van der Waals surface area contributed by atoms with Crippen LogP contribution in [0, 0.1) is 41.4 Å². The Morgan fingerprint density at radius 2 is 1.67 bits per heavy atom. The highest BCUT2D eigenvalue weighted by atomic mass is 16.3. The van der Waals surface area contributed by atoms with Crippen molar-refractivity contribution in [3.05, 3.63) is 58.7 Å². The van der Waals surface area contributed by atoms with E-state index in [1.54, 1.807) is 5.57 Å². The summed E-state index contributed by atoms with van der Waals surface area (Å²) >= 11 is 0. The molecule has 1 N–H and O–H groups in total. The summed E-state index contributed by atoms with van der Waals surface area (Å²) in [5.74, 6) is 2.37. The van der Waals surface area contributed by atoms with E-state index >= 15 is 0 Å². The van der Waals surface area contributed by atoms with Crippen molar-refractivity contribution < 1.29 is 19.5 Å². The fourth-order valence-electron chi connectivity index (χ4n) is 9.47. The molecule has 0 radical (unpaired) electrons. The summed E-state index contributed by atoms with van der Waals surface area (Å²) in [5, 5.41) is 10.8. The van der Waals surface area contributed by atoms with Crippen LogP contribution < -0.4 is 0 Å². The van der Waals surface area contributed by atoms with Crippen LogP contribution >= 0.6 is 0 Å². The maximum absolute atomic E-state index is 14.5. The average molecular weight is 671 g/mol. The van der Waals surface area contributed by atoms with Crippen LogP contribution in [-0.4, -0.2) is 28.6 Å². The lowest BCUT2D eigenvalue weighted by Gasteiger charge is -2.33. The molecular weight excluding hydrogens is 604 g/mol. The lowest BCUT2D eigenvalue weighted by Crippen LogP contribution is -2.32. The minimum atomic E-state index is -0.449. The van der Waals surface area contributed by atoms with E-state index in [-0.39, 0.29) is 29.5 Å². The van der Waals surface area contributed by atoms with Gasteiger partial charge in [0, 0.05) is 37.5 Å². The van der Waals surface area contributed by atoms with Crippen LogP contribution in [0.25, 0.3) is 0 Å². The zero-order valence-electron chi connectivity index (χ0n) is 31.1. The molecule has 0 saturated heterocycles. The number of carbonyl (C=O) groups excluding carboxylic acids is 3. The predicted molar refractivity (Wildman–Crippen MR) is 201 cm³/mol. The molecule has 0 aromatic rings. The highest BCUT2D eigenvalue weighted by molar-refractivity contribution is 5.92. The van der Waals surface area contributed by atoms with Gasteiger partial charge in [0.05, 0.1) is 6.10 Å². The second kappa shape index (κ2) is 18.8. The first kappa shape index (κ1) is 37.9. The molecule has 270 valence electrons. The first-order valence-electron chi connectivity index (χ1n) is 20.4. The molecule has 0 bridgehead atoms. The Bertz CT molecular complexity index is 1300. The van der Waals surface area contributed by atoms with E-state index in [9.17, 15) is 19.5 Å². The second-order valence-corrected chi connectivity index (χ2v) is 16.6. The molecule has 7 atom stereocenters. The molecular formula is C45H66O4. The van der Waals surface area contributed by atoms with Gasteiger partial charge >= 0.3 is 0 Å². The van der Waals surface area contributed by atoms with Crippen LogP contribution in [-0.2, 0) is 14.4 Å². The maximum Gasteiger partial charge on any atom is 0.136 e. The third-order valence-corrected chi connectivity index (χ3v) is 12.9. The number of hydrogen-bond acceptors (Lipinski definition) is 4. The number of ketones is 3. The third-order valence-electron chi connectivity index (χ3n) is 12.9. The van der Waals surface area contributed by atoms with Gasteiger partial charge in [0.1, 0.15) is 17.3 Å². The number of Topliss-reactive ketones (excluding diaryl/α,β-unsaturated/α-hetero) is 3. The molecule has 5 aliphatic rings. The summed E-state index contributed by atoms with van der Waals surface area (Å²) in [6.45, 7) is 6.46. The predicted octanol–water partition coefficient (Wildman–Crippen LogP) is 10.9. The van der Waals surface area contributed by atoms with Crippen molar-refractivity contribution in [3.63, 3.8) is 0 Å². The Balaban J connectivity index is 1.34. The van der Waals surface area contributed by atoms with Gasteiger partial charge in [0.15, 0.2) is 0 Å². The molecule has 0 aliphatic heterocycles. The maximum atomic E-state index is 14.5. The molecule has 49 heavy (non-hydrogen) atoms. The number of aliphatic hydroxyl groups excluding tert-OH is 1. The van der Waals surface area contributed by atoms with Crippen molar-refractivity contribution in [3.8, 4) is 0 Å². The molecule has 0 spiro atoms. The van der Waals surface area contributed by atoms with Crippen molar-refractivity contribution in [1.29, 1.82) is 0 Å². The monoisotopic (exact) mass is 670 g/mol. The van der Waals surface area contributed by atoms with E-state index in [1.165, 1.54) is 43.3 Å². The zero-order valence-corrected chi connectivity index (χ0v) is 31.1. The van der Waals surface area contributed by atoms with Gasteiger partial charge in [-0.3, -0.25) is 14.4 Å². The van der Waals surface area contributed by atoms with Crippen molar-refractivity contribution in [2.24, 2.45) is 41.4 Å². The Labute approximate surface area is 298 Å². The van der Waals surface area contributed by atoms with Crippen molar-refractivity contribution in [1.82, 2.24) is 0 Å². The van der Waals surface area contributed by atoms with E-state index in [0.29, 0.717) is 55.5 Å².